The van der Waals surface area contributed by atoms with Gasteiger partial charge in [-0.3, -0.25) is 4.79 Å². The van der Waals surface area contributed by atoms with Crippen LogP contribution in [0.5, 0.6) is 0 Å². The van der Waals surface area contributed by atoms with Crippen LogP contribution in [0, 0.1) is 5.92 Å². The number of hydrogen-bond donors (Lipinski definition) is 2. The zero-order valence-electron chi connectivity index (χ0n) is 8.70. The number of hydrogen-bond acceptors (Lipinski definition) is 2. The summed E-state index contributed by atoms with van der Waals surface area (Å²) < 4.78 is 0. The maximum Gasteiger partial charge on any atom is 0.324 e. The van der Waals surface area contributed by atoms with Crippen LogP contribution in [-0.2, 0) is 4.79 Å². The summed E-state index contributed by atoms with van der Waals surface area (Å²) >= 11 is 0. The first-order chi connectivity index (χ1) is 6.61. The van der Waals surface area contributed by atoms with E-state index in [0.29, 0.717) is 6.42 Å². The molecule has 80 valence electrons. The molecule has 0 heterocycles. The van der Waals surface area contributed by atoms with Gasteiger partial charge < -0.3 is 10.8 Å². The van der Waals surface area contributed by atoms with E-state index in [1.165, 1.54) is 19.3 Å². The first-order valence-corrected chi connectivity index (χ1v) is 5.30. The van der Waals surface area contributed by atoms with Crippen molar-refractivity contribution >= 4 is 5.97 Å². The standard InChI is InChI=1S/C11H19NO2/c1-2-3-4-5-6-7-9-8-11(9,12)10(13)14/h6-7,9H,2-5,8,12H2,1H3,(H,13,14)/b7-6-/t9?,11-/m1/s1. The second kappa shape index (κ2) is 4.60. The molecule has 1 rings (SSSR count). The lowest BCUT2D eigenvalue weighted by Gasteiger charge is -2.00. The van der Waals surface area contributed by atoms with Crippen LogP contribution in [0.15, 0.2) is 12.2 Å². The van der Waals surface area contributed by atoms with Gasteiger partial charge in [0.25, 0.3) is 0 Å². The van der Waals surface area contributed by atoms with Crippen molar-refractivity contribution in [3.8, 4) is 0 Å². The molecule has 1 saturated carbocycles. The highest BCUT2D eigenvalue weighted by molar-refractivity contribution is 5.83. The van der Waals surface area contributed by atoms with Crippen molar-refractivity contribution in [2.45, 2.75) is 44.6 Å². The summed E-state index contributed by atoms with van der Waals surface area (Å²) in [7, 11) is 0. The summed E-state index contributed by atoms with van der Waals surface area (Å²) in [5.74, 6) is -0.817. The summed E-state index contributed by atoms with van der Waals surface area (Å²) in [6.45, 7) is 2.17. The van der Waals surface area contributed by atoms with Crippen LogP contribution < -0.4 is 5.73 Å². The number of rotatable bonds is 6. The Morgan fingerprint density at radius 2 is 2.36 bits per heavy atom. The van der Waals surface area contributed by atoms with Gasteiger partial charge in [0.2, 0.25) is 0 Å². The normalized spacial score (nSPS) is 30.9. The topological polar surface area (TPSA) is 63.3 Å². The van der Waals surface area contributed by atoms with Crippen LogP contribution in [0.25, 0.3) is 0 Å². The lowest BCUT2D eigenvalue weighted by molar-refractivity contribution is -0.139. The van der Waals surface area contributed by atoms with Crippen molar-refractivity contribution < 1.29 is 9.90 Å². The van der Waals surface area contributed by atoms with Crippen molar-refractivity contribution in [3.63, 3.8) is 0 Å². The van der Waals surface area contributed by atoms with Gasteiger partial charge in [-0.2, -0.15) is 0 Å². The van der Waals surface area contributed by atoms with Gasteiger partial charge in [0.05, 0.1) is 0 Å². The monoisotopic (exact) mass is 197 g/mol. The van der Waals surface area contributed by atoms with Gasteiger partial charge in [-0.15, -0.1) is 0 Å². The predicted molar refractivity (Wildman–Crippen MR) is 55.9 cm³/mol. The van der Waals surface area contributed by atoms with E-state index in [0.717, 1.165) is 6.42 Å². The number of aliphatic carboxylic acids is 1. The Labute approximate surface area is 85.0 Å². The van der Waals surface area contributed by atoms with Gasteiger partial charge in [-0.05, 0) is 19.3 Å². The zero-order chi connectivity index (χ0) is 10.6. The van der Waals surface area contributed by atoms with Crippen LogP contribution in [0.3, 0.4) is 0 Å². The van der Waals surface area contributed by atoms with E-state index in [2.05, 4.69) is 13.0 Å². The molecule has 0 bridgehead atoms. The maximum atomic E-state index is 10.7. The fraction of sp³-hybridized carbons (Fsp3) is 0.727. The Hall–Kier alpha value is -0.830. The lowest BCUT2D eigenvalue weighted by Crippen LogP contribution is -2.34. The summed E-state index contributed by atoms with van der Waals surface area (Å²) in [4.78, 5) is 10.7. The summed E-state index contributed by atoms with van der Waals surface area (Å²) in [5.41, 5.74) is 4.67. The Morgan fingerprint density at radius 1 is 1.64 bits per heavy atom. The fourth-order valence-corrected chi connectivity index (χ4v) is 1.56. The van der Waals surface area contributed by atoms with Gasteiger partial charge in [-0.1, -0.05) is 31.9 Å². The van der Waals surface area contributed by atoms with Crippen molar-refractivity contribution in [1.82, 2.24) is 0 Å². The smallest absolute Gasteiger partial charge is 0.324 e. The Balaban J connectivity index is 2.18. The highest BCUT2D eigenvalue weighted by atomic mass is 16.4. The van der Waals surface area contributed by atoms with Crippen LogP contribution in [0.2, 0.25) is 0 Å². The van der Waals surface area contributed by atoms with E-state index in [1.807, 2.05) is 6.08 Å². The number of unbranched alkanes of at least 4 members (excludes halogenated alkanes) is 3. The third-order valence-corrected chi connectivity index (χ3v) is 2.80. The molecule has 1 unspecified atom stereocenters. The van der Waals surface area contributed by atoms with Crippen LogP contribution in [0.1, 0.15) is 39.0 Å². The van der Waals surface area contributed by atoms with E-state index in [-0.39, 0.29) is 5.92 Å². The van der Waals surface area contributed by atoms with E-state index in [1.54, 1.807) is 0 Å². The maximum absolute atomic E-state index is 10.7. The minimum Gasteiger partial charge on any atom is -0.480 e. The Bertz CT molecular complexity index is 237. The second-order valence-electron chi connectivity index (χ2n) is 4.08. The molecule has 1 fully saturated rings. The van der Waals surface area contributed by atoms with Crippen LogP contribution in [0.4, 0.5) is 0 Å². The number of allylic oxidation sites excluding steroid dienone is 1. The third-order valence-electron chi connectivity index (χ3n) is 2.80. The Kier molecular flexibility index (Phi) is 3.69. The molecule has 0 saturated heterocycles. The number of nitrogens with two attached hydrogens (primary N) is 1. The van der Waals surface area contributed by atoms with Crippen molar-refractivity contribution in [3.05, 3.63) is 12.2 Å². The molecule has 1 aliphatic carbocycles. The Morgan fingerprint density at radius 3 is 2.86 bits per heavy atom. The quantitative estimate of drug-likeness (QED) is 0.505. The molecule has 0 radical (unpaired) electrons. The first kappa shape index (κ1) is 11.2. The summed E-state index contributed by atoms with van der Waals surface area (Å²) in [6.07, 6.45) is 9.30. The molecule has 3 N–H and O–H groups in total. The van der Waals surface area contributed by atoms with Crippen LogP contribution in [-0.4, -0.2) is 16.6 Å². The minimum absolute atomic E-state index is 0.0571. The van der Waals surface area contributed by atoms with Crippen molar-refractivity contribution in [1.29, 1.82) is 0 Å². The molecule has 0 aromatic carbocycles. The van der Waals surface area contributed by atoms with Gasteiger partial charge >= 0.3 is 5.97 Å². The molecule has 3 nitrogen and oxygen atoms in total. The molecule has 1 aliphatic rings. The average Bonchev–Trinajstić information content (AvgIpc) is 2.79. The SMILES string of the molecule is CCCCC/C=C\C1C[C@]1(N)C(=O)O. The summed E-state index contributed by atoms with van der Waals surface area (Å²) in [6, 6.07) is 0. The molecule has 2 atom stereocenters. The average molecular weight is 197 g/mol. The zero-order valence-corrected chi connectivity index (χ0v) is 8.70. The molecular formula is C11H19NO2. The second-order valence-corrected chi connectivity index (χ2v) is 4.08. The lowest BCUT2D eigenvalue weighted by atomic mass is 10.1. The fourth-order valence-electron chi connectivity index (χ4n) is 1.56. The van der Waals surface area contributed by atoms with Gasteiger partial charge in [0.15, 0.2) is 0 Å². The molecule has 0 aliphatic heterocycles. The highest BCUT2D eigenvalue weighted by Gasteiger charge is 2.56. The van der Waals surface area contributed by atoms with Gasteiger partial charge in [0, 0.05) is 5.92 Å². The number of carboxylic acids is 1. The molecule has 0 spiro atoms. The number of carboxylic acid groups (broad SMARTS) is 1. The van der Waals surface area contributed by atoms with E-state index in [4.69, 9.17) is 10.8 Å². The summed E-state index contributed by atoms with van der Waals surface area (Å²) in [5, 5.41) is 8.76. The predicted octanol–water partition coefficient (Wildman–Crippen LogP) is 1.92. The van der Waals surface area contributed by atoms with Gasteiger partial charge in [0.1, 0.15) is 5.54 Å². The van der Waals surface area contributed by atoms with E-state index < -0.39 is 11.5 Å². The first-order valence-electron chi connectivity index (χ1n) is 5.30. The molecule has 0 aromatic rings. The third kappa shape index (κ3) is 2.58. The largest absolute Gasteiger partial charge is 0.480 e. The van der Waals surface area contributed by atoms with Crippen LogP contribution >= 0.6 is 0 Å². The molecule has 0 amide bonds. The van der Waals surface area contributed by atoms with Crippen molar-refractivity contribution in [2.75, 3.05) is 0 Å². The molecular weight excluding hydrogens is 178 g/mol. The molecule has 14 heavy (non-hydrogen) atoms. The van der Waals surface area contributed by atoms with E-state index in [9.17, 15) is 4.79 Å². The van der Waals surface area contributed by atoms with E-state index >= 15 is 0 Å². The minimum atomic E-state index is -0.957. The van der Waals surface area contributed by atoms with Gasteiger partial charge in [-0.25, -0.2) is 0 Å². The highest BCUT2D eigenvalue weighted by Crippen LogP contribution is 2.42. The van der Waals surface area contributed by atoms with Crippen molar-refractivity contribution in [2.24, 2.45) is 11.7 Å². The molecule has 3 heteroatoms. The molecule has 0 aromatic heterocycles. The number of carbonyl (C=O) groups is 1.